The first-order valence-corrected chi connectivity index (χ1v) is 6.39. The fourth-order valence-electron chi connectivity index (χ4n) is 1.96. The van der Waals surface area contributed by atoms with Crippen LogP contribution in [0.4, 0.5) is 0 Å². The van der Waals surface area contributed by atoms with Crippen molar-refractivity contribution in [3.05, 3.63) is 0 Å². The lowest BCUT2D eigenvalue weighted by Gasteiger charge is -2.17. The molecule has 0 aromatic rings. The molecule has 0 aliphatic heterocycles. The van der Waals surface area contributed by atoms with Crippen molar-refractivity contribution in [3.8, 4) is 0 Å². The normalized spacial score (nSPS) is 30.8. The summed E-state index contributed by atoms with van der Waals surface area (Å²) in [4.78, 5) is 0. The van der Waals surface area contributed by atoms with Gasteiger partial charge in [0.15, 0.2) is 0 Å². The van der Waals surface area contributed by atoms with Crippen molar-refractivity contribution in [2.75, 3.05) is 6.26 Å². The van der Waals surface area contributed by atoms with Crippen LogP contribution in [0.5, 0.6) is 0 Å². The average molecular weight is 191 g/mol. The molecule has 0 aromatic heterocycles. The van der Waals surface area contributed by atoms with Crippen molar-refractivity contribution < 1.29 is 8.42 Å². The molecule has 0 heterocycles. The van der Waals surface area contributed by atoms with Gasteiger partial charge in [0, 0.05) is 6.04 Å². The number of hydrogen-bond acceptors (Lipinski definition) is 2. The molecule has 12 heavy (non-hydrogen) atoms. The molecule has 2 atom stereocenters. The Kier molecular flexibility index (Phi) is 3.12. The van der Waals surface area contributed by atoms with Crippen molar-refractivity contribution in [1.82, 2.24) is 4.72 Å². The lowest BCUT2D eigenvalue weighted by molar-refractivity contribution is 0.434. The van der Waals surface area contributed by atoms with Crippen LogP contribution in [-0.2, 0) is 10.0 Å². The Labute approximate surface area is 74.6 Å². The summed E-state index contributed by atoms with van der Waals surface area (Å²) in [5.41, 5.74) is 0. The lowest BCUT2D eigenvalue weighted by atomic mass is 10.0. The van der Waals surface area contributed by atoms with Crippen LogP contribution in [0, 0.1) is 5.92 Å². The molecule has 1 rings (SSSR count). The highest BCUT2D eigenvalue weighted by Gasteiger charge is 2.27. The lowest BCUT2D eigenvalue weighted by Crippen LogP contribution is -2.36. The molecular weight excluding hydrogens is 174 g/mol. The third-order valence-corrected chi connectivity index (χ3v) is 3.28. The summed E-state index contributed by atoms with van der Waals surface area (Å²) in [5.74, 6) is 0.555. The Balaban J connectivity index is 2.52. The van der Waals surface area contributed by atoms with Gasteiger partial charge in [-0.1, -0.05) is 19.8 Å². The Bertz CT molecular complexity index is 235. The van der Waals surface area contributed by atoms with Crippen LogP contribution in [-0.4, -0.2) is 20.7 Å². The fourth-order valence-corrected chi connectivity index (χ4v) is 2.82. The molecule has 4 heteroatoms. The quantitative estimate of drug-likeness (QED) is 0.726. The third kappa shape index (κ3) is 2.75. The van der Waals surface area contributed by atoms with Crippen molar-refractivity contribution >= 4 is 10.0 Å². The number of hydrogen-bond donors (Lipinski definition) is 1. The first-order chi connectivity index (χ1) is 5.53. The standard InChI is InChI=1S/C8H17NO2S/c1-3-7-5-4-6-8(7)9-12(2,10)11/h7-9H,3-6H2,1-2H3. The van der Waals surface area contributed by atoms with E-state index >= 15 is 0 Å². The molecule has 1 aliphatic rings. The maximum Gasteiger partial charge on any atom is 0.208 e. The smallest absolute Gasteiger partial charge is 0.208 e. The molecule has 0 aromatic carbocycles. The summed E-state index contributed by atoms with van der Waals surface area (Å²) in [5, 5.41) is 0. The first kappa shape index (κ1) is 9.99. The van der Waals surface area contributed by atoms with Crippen LogP contribution in [0.15, 0.2) is 0 Å². The van der Waals surface area contributed by atoms with E-state index in [4.69, 9.17) is 0 Å². The van der Waals surface area contributed by atoms with Crippen molar-refractivity contribution in [1.29, 1.82) is 0 Å². The van der Waals surface area contributed by atoms with Crippen LogP contribution in [0.1, 0.15) is 32.6 Å². The van der Waals surface area contributed by atoms with E-state index < -0.39 is 10.0 Å². The van der Waals surface area contributed by atoms with E-state index in [1.807, 2.05) is 0 Å². The highest BCUT2D eigenvalue weighted by Crippen LogP contribution is 2.28. The van der Waals surface area contributed by atoms with Gasteiger partial charge in [0.05, 0.1) is 6.26 Å². The Morgan fingerprint density at radius 2 is 2.08 bits per heavy atom. The molecule has 72 valence electrons. The maximum absolute atomic E-state index is 10.9. The summed E-state index contributed by atoms with van der Waals surface area (Å²) in [6.07, 6.45) is 5.65. The molecule has 1 fully saturated rings. The van der Waals surface area contributed by atoms with Gasteiger partial charge in [-0.15, -0.1) is 0 Å². The maximum atomic E-state index is 10.9. The number of nitrogens with one attached hydrogen (secondary N) is 1. The molecule has 1 aliphatic carbocycles. The van der Waals surface area contributed by atoms with Gasteiger partial charge in [-0.2, -0.15) is 0 Å². The highest BCUT2D eigenvalue weighted by molar-refractivity contribution is 7.88. The monoisotopic (exact) mass is 191 g/mol. The Morgan fingerprint density at radius 3 is 2.58 bits per heavy atom. The van der Waals surface area contributed by atoms with Gasteiger partial charge in [0.1, 0.15) is 0 Å². The fraction of sp³-hybridized carbons (Fsp3) is 1.00. The predicted octanol–water partition coefficient (Wildman–Crippen LogP) is 1.11. The van der Waals surface area contributed by atoms with Gasteiger partial charge in [0.2, 0.25) is 10.0 Å². The van der Waals surface area contributed by atoms with Gasteiger partial charge >= 0.3 is 0 Å². The first-order valence-electron chi connectivity index (χ1n) is 4.50. The predicted molar refractivity (Wildman–Crippen MR) is 49.4 cm³/mol. The van der Waals surface area contributed by atoms with Gasteiger partial charge < -0.3 is 0 Å². The SMILES string of the molecule is CCC1CCCC1NS(C)(=O)=O. The molecule has 0 amide bonds. The van der Waals surface area contributed by atoms with Crippen molar-refractivity contribution in [2.45, 2.75) is 38.6 Å². The van der Waals surface area contributed by atoms with E-state index in [9.17, 15) is 8.42 Å². The van der Waals surface area contributed by atoms with Crippen LogP contribution >= 0.6 is 0 Å². The van der Waals surface area contributed by atoms with E-state index in [2.05, 4.69) is 11.6 Å². The van der Waals surface area contributed by atoms with Gasteiger partial charge in [-0.25, -0.2) is 13.1 Å². The molecule has 0 saturated heterocycles. The second kappa shape index (κ2) is 3.75. The zero-order chi connectivity index (χ0) is 9.19. The molecule has 2 unspecified atom stereocenters. The summed E-state index contributed by atoms with van der Waals surface area (Å²) < 4.78 is 24.6. The molecule has 1 saturated carbocycles. The third-order valence-electron chi connectivity index (χ3n) is 2.55. The molecule has 1 N–H and O–H groups in total. The van der Waals surface area contributed by atoms with Gasteiger partial charge in [0.25, 0.3) is 0 Å². The van der Waals surface area contributed by atoms with E-state index in [-0.39, 0.29) is 6.04 Å². The van der Waals surface area contributed by atoms with Gasteiger partial charge in [-0.05, 0) is 18.8 Å². The zero-order valence-electron chi connectivity index (χ0n) is 7.71. The van der Waals surface area contributed by atoms with Gasteiger partial charge in [-0.3, -0.25) is 0 Å². The Morgan fingerprint density at radius 1 is 1.42 bits per heavy atom. The van der Waals surface area contributed by atoms with E-state index in [1.54, 1.807) is 0 Å². The molecular formula is C8H17NO2S. The number of sulfonamides is 1. The van der Waals surface area contributed by atoms with Crippen LogP contribution < -0.4 is 4.72 Å². The van der Waals surface area contributed by atoms with Crippen molar-refractivity contribution in [2.24, 2.45) is 5.92 Å². The zero-order valence-corrected chi connectivity index (χ0v) is 8.52. The largest absolute Gasteiger partial charge is 0.213 e. The van der Waals surface area contributed by atoms with E-state index in [1.165, 1.54) is 12.7 Å². The molecule has 0 spiro atoms. The van der Waals surface area contributed by atoms with E-state index in [0.29, 0.717) is 5.92 Å². The average Bonchev–Trinajstić information content (AvgIpc) is 2.31. The van der Waals surface area contributed by atoms with Crippen LogP contribution in [0.25, 0.3) is 0 Å². The van der Waals surface area contributed by atoms with E-state index in [0.717, 1.165) is 19.3 Å². The highest BCUT2D eigenvalue weighted by atomic mass is 32.2. The second-order valence-corrected chi connectivity index (χ2v) is 5.38. The minimum absolute atomic E-state index is 0.199. The molecule has 3 nitrogen and oxygen atoms in total. The van der Waals surface area contributed by atoms with Crippen molar-refractivity contribution in [3.63, 3.8) is 0 Å². The second-order valence-electron chi connectivity index (χ2n) is 3.60. The summed E-state index contributed by atoms with van der Waals surface area (Å²) in [7, 11) is -3.00. The topological polar surface area (TPSA) is 46.2 Å². The number of rotatable bonds is 3. The summed E-state index contributed by atoms with van der Waals surface area (Å²) in [6, 6.07) is 0.199. The van der Waals surface area contributed by atoms with Crippen LogP contribution in [0.2, 0.25) is 0 Å². The summed E-state index contributed by atoms with van der Waals surface area (Å²) in [6.45, 7) is 2.12. The summed E-state index contributed by atoms with van der Waals surface area (Å²) >= 11 is 0. The molecule has 0 radical (unpaired) electrons. The minimum atomic E-state index is -3.00. The Hall–Kier alpha value is -0.0900. The molecule has 0 bridgehead atoms. The minimum Gasteiger partial charge on any atom is -0.213 e. The van der Waals surface area contributed by atoms with Crippen LogP contribution in [0.3, 0.4) is 0 Å².